The molecule has 4 aromatic heterocycles. The summed E-state index contributed by atoms with van der Waals surface area (Å²) in [6, 6.07) is 6.27. The molecular weight excluding hydrogens is 533 g/mol. The summed E-state index contributed by atoms with van der Waals surface area (Å²) in [6.07, 6.45) is 4.54. The molecule has 1 aliphatic heterocycles. The van der Waals surface area contributed by atoms with Crippen LogP contribution in [0.5, 0.6) is 5.88 Å². The number of hydrogen-bond acceptors (Lipinski definition) is 10. The quantitative estimate of drug-likeness (QED) is 0.357. The van der Waals surface area contributed by atoms with Crippen molar-refractivity contribution in [3.05, 3.63) is 42.9 Å². The van der Waals surface area contributed by atoms with Gasteiger partial charge in [-0.3, -0.25) is 4.68 Å². The lowest BCUT2D eigenvalue weighted by atomic mass is 9.96. The Morgan fingerprint density at radius 3 is 2.70 bits per heavy atom. The van der Waals surface area contributed by atoms with Crippen LogP contribution >= 0.6 is 0 Å². The molecule has 206 valence electrons. The molecule has 5 heterocycles. The molecule has 0 spiro atoms. The van der Waals surface area contributed by atoms with Crippen LogP contribution in [0.4, 0.5) is 19.0 Å². The predicted octanol–water partition coefficient (Wildman–Crippen LogP) is 3.11. The summed E-state index contributed by atoms with van der Waals surface area (Å²) in [7, 11) is 1.48. The maximum Gasteiger partial charge on any atom is 0.490 e. The standard InChI is InChI=1S/C22H20N10O.C2HF3O2/c1-33-22-17(8-24)21(28-13-29-22)31-7-4-14(10-31)18(2-5-23)32-11-15(9-30-32)19-16-3-6-25-20(16)27-12-26-19;3-2(4,5)1(6)7/h3,6,9,11-14,18H,2,4,7,10H2,1H3,(H,25,26,27);(H,6,7)/t14-,18-;/m0./s1. The topological polar surface area (TPSA) is 183 Å². The summed E-state index contributed by atoms with van der Waals surface area (Å²) in [5.74, 6) is -1.79. The number of fused-ring (bicyclic) bond motifs is 1. The number of carbonyl (C=O) groups is 1. The minimum absolute atomic E-state index is 0.119. The van der Waals surface area contributed by atoms with Gasteiger partial charge in [0.05, 0.1) is 37.5 Å². The van der Waals surface area contributed by atoms with E-state index < -0.39 is 12.1 Å². The summed E-state index contributed by atoms with van der Waals surface area (Å²) >= 11 is 0. The number of nitrogens with zero attached hydrogens (tertiary/aromatic N) is 9. The number of methoxy groups -OCH3 is 1. The van der Waals surface area contributed by atoms with Gasteiger partial charge in [-0.25, -0.2) is 24.7 Å². The van der Waals surface area contributed by atoms with Gasteiger partial charge in [0, 0.05) is 42.4 Å². The fraction of sp³-hybridized carbons (Fsp3) is 0.333. The number of nitrogens with one attached hydrogen (secondary N) is 1. The van der Waals surface area contributed by atoms with E-state index in [4.69, 9.17) is 14.6 Å². The van der Waals surface area contributed by atoms with Gasteiger partial charge in [-0.15, -0.1) is 0 Å². The molecule has 0 aliphatic carbocycles. The van der Waals surface area contributed by atoms with Crippen LogP contribution in [0, 0.1) is 28.6 Å². The predicted molar refractivity (Wildman–Crippen MR) is 132 cm³/mol. The molecule has 0 radical (unpaired) electrons. The molecule has 2 atom stereocenters. The van der Waals surface area contributed by atoms with Gasteiger partial charge in [0.2, 0.25) is 5.88 Å². The van der Waals surface area contributed by atoms with E-state index in [1.807, 2.05) is 23.1 Å². The third kappa shape index (κ3) is 5.75. The lowest BCUT2D eigenvalue weighted by molar-refractivity contribution is -0.192. The molecule has 16 heteroatoms. The molecule has 5 rings (SSSR count). The zero-order valence-corrected chi connectivity index (χ0v) is 20.9. The molecule has 0 amide bonds. The molecule has 0 saturated carbocycles. The minimum atomic E-state index is -5.08. The highest BCUT2D eigenvalue weighted by Gasteiger charge is 2.38. The van der Waals surface area contributed by atoms with Crippen molar-refractivity contribution in [2.75, 3.05) is 25.1 Å². The van der Waals surface area contributed by atoms with Gasteiger partial charge in [0.25, 0.3) is 0 Å². The van der Waals surface area contributed by atoms with Crippen molar-refractivity contribution >= 4 is 22.8 Å². The van der Waals surface area contributed by atoms with Crippen LogP contribution in [0.15, 0.2) is 37.3 Å². The van der Waals surface area contributed by atoms with E-state index in [2.05, 4.69) is 47.1 Å². The number of nitriles is 2. The molecule has 0 aromatic carbocycles. The van der Waals surface area contributed by atoms with Crippen LogP contribution < -0.4 is 9.64 Å². The van der Waals surface area contributed by atoms with Gasteiger partial charge < -0.3 is 19.7 Å². The highest BCUT2D eigenvalue weighted by molar-refractivity contribution is 5.90. The number of carboxylic acid groups (broad SMARTS) is 1. The molecule has 0 bridgehead atoms. The number of aliphatic carboxylic acids is 1. The van der Waals surface area contributed by atoms with Crippen LogP contribution in [0.25, 0.3) is 22.3 Å². The number of ether oxygens (including phenoxy) is 1. The number of halogens is 3. The molecular formula is C24H21F3N10O3. The third-order valence-electron chi connectivity index (χ3n) is 6.28. The van der Waals surface area contributed by atoms with E-state index in [-0.39, 0.29) is 17.8 Å². The Morgan fingerprint density at radius 1 is 1.27 bits per heavy atom. The van der Waals surface area contributed by atoms with Gasteiger partial charge in [-0.2, -0.15) is 28.8 Å². The van der Waals surface area contributed by atoms with Crippen LogP contribution in [0.3, 0.4) is 0 Å². The van der Waals surface area contributed by atoms with Crippen LogP contribution in [-0.2, 0) is 4.79 Å². The van der Waals surface area contributed by atoms with Crippen molar-refractivity contribution in [1.82, 2.24) is 34.7 Å². The van der Waals surface area contributed by atoms with E-state index >= 15 is 0 Å². The second kappa shape index (κ2) is 11.6. The minimum Gasteiger partial charge on any atom is -0.480 e. The van der Waals surface area contributed by atoms with E-state index in [1.54, 1.807) is 6.20 Å². The first-order valence-electron chi connectivity index (χ1n) is 11.7. The van der Waals surface area contributed by atoms with E-state index in [0.717, 1.165) is 28.7 Å². The normalized spacial score (nSPS) is 15.6. The first-order valence-corrected chi connectivity index (χ1v) is 11.7. The lowest BCUT2D eigenvalue weighted by Gasteiger charge is -2.23. The van der Waals surface area contributed by atoms with Crippen molar-refractivity contribution < 1.29 is 27.8 Å². The highest BCUT2D eigenvalue weighted by Crippen LogP contribution is 2.35. The summed E-state index contributed by atoms with van der Waals surface area (Å²) in [5, 5.41) is 31.7. The first kappa shape index (κ1) is 27.8. The molecule has 2 N–H and O–H groups in total. The first-order chi connectivity index (χ1) is 19.2. The monoisotopic (exact) mass is 554 g/mol. The maximum absolute atomic E-state index is 10.6. The van der Waals surface area contributed by atoms with Gasteiger partial charge in [0.15, 0.2) is 11.4 Å². The smallest absolute Gasteiger partial charge is 0.480 e. The zero-order chi connectivity index (χ0) is 28.9. The SMILES string of the molecule is COc1ncnc(N2CC[C@H]([C@H](CC#N)n3cc(-c4ncnc5[nH]ccc45)cn3)C2)c1C#N.O=C(O)C(F)(F)F. The average molecular weight is 554 g/mol. The Kier molecular flexibility index (Phi) is 8.09. The summed E-state index contributed by atoms with van der Waals surface area (Å²) in [4.78, 5) is 31.1. The fourth-order valence-corrected chi connectivity index (χ4v) is 4.46. The number of aromatic amines is 1. The Hall–Kier alpha value is -5.25. The Morgan fingerprint density at radius 2 is 2.02 bits per heavy atom. The zero-order valence-electron chi connectivity index (χ0n) is 20.9. The van der Waals surface area contributed by atoms with Gasteiger partial charge in [-0.1, -0.05) is 0 Å². The van der Waals surface area contributed by atoms with Gasteiger partial charge >= 0.3 is 12.1 Å². The Labute approximate surface area is 224 Å². The van der Waals surface area contributed by atoms with Crippen LogP contribution in [0.1, 0.15) is 24.4 Å². The van der Waals surface area contributed by atoms with Crippen molar-refractivity contribution in [2.45, 2.75) is 25.1 Å². The van der Waals surface area contributed by atoms with Crippen molar-refractivity contribution in [2.24, 2.45) is 5.92 Å². The molecule has 1 saturated heterocycles. The van der Waals surface area contributed by atoms with Crippen molar-refractivity contribution in [1.29, 1.82) is 10.5 Å². The molecule has 4 aromatic rings. The number of carboxylic acids is 1. The summed E-state index contributed by atoms with van der Waals surface area (Å²) in [5.41, 5.74) is 2.74. The van der Waals surface area contributed by atoms with E-state index in [1.165, 1.54) is 19.8 Å². The largest absolute Gasteiger partial charge is 0.490 e. The van der Waals surface area contributed by atoms with Gasteiger partial charge in [0.1, 0.15) is 24.4 Å². The highest BCUT2D eigenvalue weighted by atomic mass is 19.4. The summed E-state index contributed by atoms with van der Waals surface area (Å²) in [6.45, 7) is 1.36. The van der Waals surface area contributed by atoms with E-state index in [0.29, 0.717) is 30.9 Å². The third-order valence-corrected chi connectivity index (χ3v) is 6.28. The molecule has 0 unspecified atom stereocenters. The Balaban J connectivity index is 0.000000470. The van der Waals surface area contributed by atoms with Crippen molar-refractivity contribution in [3.8, 4) is 29.3 Å². The maximum atomic E-state index is 10.6. The molecule has 1 aliphatic rings. The number of H-pyrrole nitrogens is 1. The number of alkyl halides is 3. The lowest BCUT2D eigenvalue weighted by Crippen LogP contribution is -2.26. The molecule has 40 heavy (non-hydrogen) atoms. The number of anilines is 1. The second-order valence-corrected chi connectivity index (χ2v) is 8.59. The molecule has 13 nitrogen and oxygen atoms in total. The van der Waals surface area contributed by atoms with Crippen LogP contribution in [-0.4, -0.2) is 72.2 Å². The number of hydrogen-bond donors (Lipinski definition) is 2. The number of rotatable bonds is 6. The van der Waals surface area contributed by atoms with Gasteiger partial charge in [-0.05, 0) is 12.5 Å². The fourth-order valence-electron chi connectivity index (χ4n) is 4.46. The van der Waals surface area contributed by atoms with E-state index in [9.17, 15) is 23.7 Å². The number of aromatic nitrogens is 7. The second-order valence-electron chi connectivity index (χ2n) is 8.59. The Bertz CT molecular complexity index is 1590. The van der Waals surface area contributed by atoms with Crippen LogP contribution in [0.2, 0.25) is 0 Å². The summed E-state index contributed by atoms with van der Waals surface area (Å²) < 4.78 is 38.8. The van der Waals surface area contributed by atoms with Crippen molar-refractivity contribution in [3.63, 3.8) is 0 Å². The average Bonchev–Trinajstić information content (AvgIpc) is 3.71. The molecule has 1 fully saturated rings.